The van der Waals surface area contributed by atoms with Crippen molar-refractivity contribution in [3.63, 3.8) is 0 Å². The van der Waals surface area contributed by atoms with Gasteiger partial charge >= 0.3 is 5.97 Å². The number of rotatable bonds is 2. The van der Waals surface area contributed by atoms with Gasteiger partial charge in [-0.2, -0.15) is 0 Å². The Morgan fingerprint density at radius 3 is 2.64 bits per heavy atom. The Labute approximate surface area is 81.9 Å². The quantitative estimate of drug-likeness (QED) is 0.781. The third kappa shape index (κ3) is 1.14. The fraction of sp³-hybridized carbons (Fsp3) is 0.600. The first-order valence-electron chi connectivity index (χ1n) is 4.60. The zero-order chi connectivity index (χ0) is 10.5. The predicted octanol–water partition coefficient (Wildman–Crippen LogP) is 1.81. The van der Waals surface area contributed by atoms with Crippen LogP contribution in [0.2, 0.25) is 0 Å². The molecule has 76 valence electrons. The second-order valence-electron chi connectivity index (χ2n) is 4.49. The maximum absolute atomic E-state index is 10.9. The standard InChI is InChI=1S/C10H13NO3/c1-5-4-6(14-11-5)7-8(9(12)13)10(7,2)3/h4,7-8H,1-3H3,(H,12,13)/t7-,8+/m0/s1. The summed E-state index contributed by atoms with van der Waals surface area (Å²) in [7, 11) is 0. The summed E-state index contributed by atoms with van der Waals surface area (Å²) in [6, 6.07) is 1.81. The molecule has 14 heavy (non-hydrogen) atoms. The lowest BCUT2D eigenvalue weighted by atomic mass is 10.1. The number of aliphatic carboxylic acids is 1. The second kappa shape index (κ2) is 2.59. The fourth-order valence-electron chi connectivity index (χ4n) is 2.16. The van der Waals surface area contributed by atoms with E-state index < -0.39 is 5.97 Å². The van der Waals surface area contributed by atoms with Crippen LogP contribution in [0, 0.1) is 18.3 Å². The highest BCUT2D eigenvalue weighted by molar-refractivity contribution is 5.77. The average molecular weight is 195 g/mol. The van der Waals surface area contributed by atoms with Gasteiger partial charge in [0.25, 0.3) is 0 Å². The summed E-state index contributed by atoms with van der Waals surface area (Å²) in [5, 5.41) is 12.7. The molecule has 0 bridgehead atoms. The smallest absolute Gasteiger partial charge is 0.307 e. The Morgan fingerprint density at radius 1 is 1.64 bits per heavy atom. The van der Waals surface area contributed by atoms with Crippen molar-refractivity contribution in [1.29, 1.82) is 0 Å². The van der Waals surface area contributed by atoms with Crippen molar-refractivity contribution in [1.82, 2.24) is 5.16 Å². The van der Waals surface area contributed by atoms with E-state index in [1.54, 1.807) is 0 Å². The van der Waals surface area contributed by atoms with Crippen molar-refractivity contribution >= 4 is 5.97 Å². The second-order valence-corrected chi connectivity index (χ2v) is 4.49. The third-order valence-electron chi connectivity index (χ3n) is 3.05. The lowest BCUT2D eigenvalue weighted by Gasteiger charge is -1.96. The molecule has 4 heteroatoms. The molecule has 0 unspecified atom stereocenters. The van der Waals surface area contributed by atoms with Gasteiger partial charge in [0.1, 0.15) is 5.76 Å². The lowest BCUT2D eigenvalue weighted by Crippen LogP contribution is -2.02. The molecule has 0 saturated heterocycles. The molecular weight excluding hydrogens is 182 g/mol. The Morgan fingerprint density at radius 2 is 2.29 bits per heavy atom. The maximum Gasteiger partial charge on any atom is 0.307 e. The minimum absolute atomic E-state index is 0.0267. The van der Waals surface area contributed by atoms with Crippen LogP contribution in [0.1, 0.15) is 31.2 Å². The van der Waals surface area contributed by atoms with Gasteiger partial charge in [-0.1, -0.05) is 19.0 Å². The molecule has 0 aromatic carbocycles. The number of carboxylic acid groups (broad SMARTS) is 1. The van der Waals surface area contributed by atoms with Crippen molar-refractivity contribution < 1.29 is 14.4 Å². The van der Waals surface area contributed by atoms with E-state index in [4.69, 9.17) is 9.63 Å². The van der Waals surface area contributed by atoms with Crippen LogP contribution in [-0.4, -0.2) is 16.2 Å². The van der Waals surface area contributed by atoms with Crippen LogP contribution < -0.4 is 0 Å². The van der Waals surface area contributed by atoms with Crippen LogP contribution in [-0.2, 0) is 4.79 Å². The lowest BCUT2D eigenvalue weighted by molar-refractivity contribution is -0.139. The van der Waals surface area contributed by atoms with Crippen LogP contribution in [0.4, 0.5) is 0 Å². The number of hydrogen-bond acceptors (Lipinski definition) is 3. The largest absolute Gasteiger partial charge is 0.481 e. The van der Waals surface area contributed by atoms with Crippen molar-refractivity contribution in [2.75, 3.05) is 0 Å². The van der Waals surface area contributed by atoms with E-state index in [2.05, 4.69) is 5.16 Å². The monoisotopic (exact) mass is 195 g/mol. The molecule has 1 saturated carbocycles. The SMILES string of the molecule is Cc1cc([C@H]2[C@H](C(=O)O)C2(C)C)on1. The van der Waals surface area contributed by atoms with E-state index in [0.717, 1.165) is 5.69 Å². The van der Waals surface area contributed by atoms with Gasteiger partial charge in [0.15, 0.2) is 0 Å². The highest BCUT2D eigenvalue weighted by atomic mass is 16.5. The van der Waals surface area contributed by atoms with Gasteiger partial charge in [-0.25, -0.2) is 0 Å². The van der Waals surface area contributed by atoms with E-state index in [1.165, 1.54) is 0 Å². The van der Waals surface area contributed by atoms with E-state index in [1.807, 2.05) is 26.8 Å². The van der Waals surface area contributed by atoms with Crippen LogP contribution >= 0.6 is 0 Å². The summed E-state index contributed by atoms with van der Waals surface area (Å²) >= 11 is 0. The molecule has 1 heterocycles. The van der Waals surface area contributed by atoms with Gasteiger partial charge in [0.05, 0.1) is 11.6 Å². The molecule has 1 aliphatic rings. The molecule has 4 nitrogen and oxygen atoms in total. The van der Waals surface area contributed by atoms with Gasteiger partial charge in [-0.05, 0) is 12.3 Å². The van der Waals surface area contributed by atoms with Gasteiger partial charge < -0.3 is 9.63 Å². The van der Waals surface area contributed by atoms with Gasteiger partial charge in [-0.15, -0.1) is 0 Å². The first kappa shape index (κ1) is 9.24. The number of aryl methyl sites for hydroxylation is 1. The number of nitrogens with zero attached hydrogens (tertiary/aromatic N) is 1. The minimum atomic E-state index is -0.756. The Hall–Kier alpha value is -1.32. The minimum Gasteiger partial charge on any atom is -0.481 e. The molecule has 1 aliphatic carbocycles. The number of carbonyl (C=O) groups is 1. The first-order chi connectivity index (χ1) is 6.44. The number of hydrogen-bond donors (Lipinski definition) is 1. The molecule has 0 aliphatic heterocycles. The topological polar surface area (TPSA) is 63.3 Å². The summed E-state index contributed by atoms with van der Waals surface area (Å²) in [6.45, 7) is 5.71. The van der Waals surface area contributed by atoms with Gasteiger partial charge in [0.2, 0.25) is 0 Å². The van der Waals surface area contributed by atoms with Gasteiger partial charge in [0, 0.05) is 12.0 Å². The van der Waals surface area contributed by atoms with Crippen molar-refractivity contribution in [2.45, 2.75) is 26.7 Å². The fourth-order valence-corrected chi connectivity index (χ4v) is 2.16. The zero-order valence-corrected chi connectivity index (χ0v) is 8.44. The first-order valence-corrected chi connectivity index (χ1v) is 4.60. The van der Waals surface area contributed by atoms with Gasteiger partial charge in [-0.3, -0.25) is 4.79 Å². The molecule has 1 N–H and O–H groups in total. The Balaban J connectivity index is 2.27. The molecule has 0 radical (unpaired) electrons. The maximum atomic E-state index is 10.9. The van der Waals surface area contributed by atoms with Crippen LogP contribution in [0.15, 0.2) is 10.6 Å². The molecule has 1 fully saturated rings. The summed E-state index contributed by atoms with van der Waals surface area (Å²) in [4.78, 5) is 10.9. The molecule has 1 aromatic heterocycles. The average Bonchev–Trinajstić information content (AvgIpc) is 2.42. The molecule has 2 atom stereocenters. The molecule has 2 rings (SSSR count). The summed E-state index contributed by atoms with van der Waals surface area (Å²) in [6.07, 6.45) is 0. The molecular formula is C10H13NO3. The van der Waals surface area contributed by atoms with Crippen molar-refractivity contribution in [3.8, 4) is 0 Å². The van der Waals surface area contributed by atoms with Crippen LogP contribution in [0.25, 0.3) is 0 Å². The third-order valence-corrected chi connectivity index (χ3v) is 3.05. The number of carboxylic acids is 1. The van der Waals surface area contributed by atoms with E-state index in [0.29, 0.717) is 5.76 Å². The van der Waals surface area contributed by atoms with E-state index in [-0.39, 0.29) is 17.3 Å². The predicted molar refractivity (Wildman–Crippen MR) is 48.9 cm³/mol. The molecule has 0 amide bonds. The number of aromatic nitrogens is 1. The Bertz CT molecular complexity index is 380. The summed E-state index contributed by atoms with van der Waals surface area (Å²) < 4.78 is 5.09. The van der Waals surface area contributed by atoms with Crippen LogP contribution in [0.5, 0.6) is 0 Å². The van der Waals surface area contributed by atoms with E-state index in [9.17, 15) is 4.79 Å². The van der Waals surface area contributed by atoms with E-state index >= 15 is 0 Å². The highest BCUT2D eigenvalue weighted by Gasteiger charge is 2.64. The van der Waals surface area contributed by atoms with Crippen molar-refractivity contribution in [2.24, 2.45) is 11.3 Å². The van der Waals surface area contributed by atoms with Crippen LogP contribution in [0.3, 0.4) is 0 Å². The van der Waals surface area contributed by atoms with Crippen molar-refractivity contribution in [3.05, 3.63) is 17.5 Å². The summed E-state index contributed by atoms with van der Waals surface area (Å²) in [5.41, 5.74) is 0.587. The molecule has 0 spiro atoms. The highest BCUT2D eigenvalue weighted by Crippen LogP contribution is 2.64. The normalized spacial score (nSPS) is 28.8. The Kier molecular flexibility index (Phi) is 1.71. The summed E-state index contributed by atoms with van der Waals surface area (Å²) in [5.74, 6) is -0.426. The molecule has 1 aromatic rings. The zero-order valence-electron chi connectivity index (χ0n) is 8.44.